The Bertz CT molecular complexity index is 490. The van der Waals surface area contributed by atoms with E-state index in [9.17, 15) is 24.8 Å². The normalized spacial score (nSPS) is 30.6. The van der Waals surface area contributed by atoms with Crippen LogP contribution in [0.15, 0.2) is 18.2 Å². The molecule has 0 radical (unpaired) electrons. The van der Waals surface area contributed by atoms with E-state index in [0.717, 1.165) is 0 Å². The van der Waals surface area contributed by atoms with E-state index in [2.05, 4.69) is 0 Å². The molecular weight excluding hydrogens is 301 g/mol. The molecule has 0 aromatic heterocycles. The lowest BCUT2D eigenvalue weighted by atomic mass is 9.94. The molecule has 1 aromatic rings. The lowest BCUT2D eigenvalue weighted by Gasteiger charge is -2.43. The van der Waals surface area contributed by atoms with Gasteiger partial charge in [-0.15, -0.1) is 0 Å². The van der Waals surface area contributed by atoms with Gasteiger partial charge in [-0.25, -0.2) is 4.39 Å². The second-order valence-electron chi connectivity index (χ2n) is 5.26. The van der Waals surface area contributed by atoms with Crippen molar-refractivity contribution in [3.05, 3.63) is 34.6 Å². The monoisotopic (exact) mass is 319 g/mol. The zero-order valence-corrected chi connectivity index (χ0v) is 12.1. The van der Waals surface area contributed by atoms with Gasteiger partial charge in [0, 0.05) is 13.1 Å². The van der Waals surface area contributed by atoms with E-state index in [0.29, 0.717) is 18.5 Å². The fourth-order valence-electron chi connectivity index (χ4n) is 2.64. The van der Waals surface area contributed by atoms with Crippen molar-refractivity contribution in [2.24, 2.45) is 0 Å². The first-order valence-electron chi connectivity index (χ1n) is 6.77. The molecule has 1 saturated heterocycles. The lowest BCUT2D eigenvalue weighted by molar-refractivity contribution is -0.144. The minimum Gasteiger partial charge on any atom is -0.395 e. The molecule has 1 aliphatic heterocycles. The maximum atomic E-state index is 13.8. The fraction of sp³-hybridized carbons (Fsp3) is 0.571. The molecule has 4 atom stereocenters. The van der Waals surface area contributed by atoms with Gasteiger partial charge in [-0.2, -0.15) is 0 Å². The summed E-state index contributed by atoms with van der Waals surface area (Å²) in [5.74, 6) is -0.488. The molecule has 0 spiro atoms. The lowest BCUT2D eigenvalue weighted by Crippen LogP contribution is -2.62. The molecule has 118 valence electrons. The number of aliphatic hydroxyl groups is 4. The van der Waals surface area contributed by atoms with E-state index in [1.807, 2.05) is 0 Å². The predicted octanol–water partition coefficient (Wildman–Crippen LogP) is -0.219. The molecule has 1 fully saturated rings. The first kappa shape index (κ1) is 16.6. The van der Waals surface area contributed by atoms with Crippen molar-refractivity contribution in [3.63, 3.8) is 0 Å². The van der Waals surface area contributed by atoms with Gasteiger partial charge in [0.2, 0.25) is 0 Å². The third-order valence-corrected chi connectivity index (χ3v) is 4.21. The Morgan fingerprint density at radius 3 is 2.62 bits per heavy atom. The third kappa shape index (κ3) is 3.53. The van der Waals surface area contributed by atoms with Gasteiger partial charge >= 0.3 is 0 Å². The molecule has 0 amide bonds. The number of piperidine rings is 1. The Labute approximate surface area is 127 Å². The highest BCUT2D eigenvalue weighted by atomic mass is 35.5. The summed E-state index contributed by atoms with van der Waals surface area (Å²) < 4.78 is 13.8. The highest BCUT2D eigenvalue weighted by Gasteiger charge is 2.40. The smallest absolute Gasteiger partial charge is 0.145 e. The van der Waals surface area contributed by atoms with Crippen molar-refractivity contribution in [2.45, 2.75) is 30.8 Å². The fourth-order valence-corrected chi connectivity index (χ4v) is 2.84. The van der Waals surface area contributed by atoms with Gasteiger partial charge in [-0.1, -0.05) is 23.7 Å². The Morgan fingerprint density at radius 1 is 1.24 bits per heavy atom. The van der Waals surface area contributed by atoms with Crippen LogP contribution in [0, 0.1) is 5.82 Å². The molecule has 5 nitrogen and oxygen atoms in total. The second kappa shape index (κ2) is 7.00. The number of aliphatic hydroxyl groups excluding tert-OH is 4. The Morgan fingerprint density at radius 2 is 1.95 bits per heavy atom. The number of likely N-dealkylation sites (tertiary alicyclic amines) is 1. The summed E-state index contributed by atoms with van der Waals surface area (Å²) in [7, 11) is 0. The molecule has 1 aromatic carbocycles. The number of rotatable bonds is 4. The summed E-state index contributed by atoms with van der Waals surface area (Å²) in [6.45, 7) is 0.0674. The minimum absolute atomic E-state index is 0.0420. The number of benzene rings is 1. The summed E-state index contributed by atoms with van der Waals surface area (Å²) in [5, 5.41) is 38.6. The third-order valence-electron chi connectivity index (χ3n) is 3.92. The molecule has 1 aliphatic rings. The molecule has 0 saturated carbocycles. The number of nitrogens with zero attached hydrogens (tertiary/aromatic N) is 1. The number of hydrogen-bond acceptors (Lipinski definition) is 5. The van der Waals surface area contributed by atoms with E-state index in [1.165, 1.54) is 6.07 Å². The quantitative estimate of drug-likeness (QED) is 0.617. The molecule has 1 heterocycles. The van der Waals surface area contributed by atoms with Crippen LogP contribution in [0.5, 0.6) is 0 Å². The molecular formula is C14H19ClFNO4. The molecule has 21 heavy (non-hydrogen) atoms. The van der Waals surface area contributed by atoms with Crippen LogP contribution in [0.25, 0.3) is 0 Å². The zero-order chi connectivity index (χ0) is 15.6. The van der Waals surface area contributed by atoms with Gasteiger partial charge in [0.15, 0.2) is 0 Å². The molecule has 2 rings (SSSR count). The second-order valence-corrected chi connectivity index (χ2v) is 5.66. The van der Waals surface area contributed by atoms with Crippen molar-refractivity contribution in [1.29, 1.82) is 0 Å². The first-order chi connectivity index (χ1) is 9.95. The Balaban J connectivity index is 2.06. The average molecular weight is 320 g/mol. The molecule has 7 heteroatoms. The Hall–Kier alpha value is -0.760. The molecule has 4 unspecified atom stereocenters. The number of halogens is 2. The highest BCUT2D eigenvalue weighted by molar-refractivity contribution is 6.30. The van der Waals surface area contributed by atoms with E-state index in [-0.39, 0.29) is 18.2 Å². The van der Waals surface area contributed by atoms with Crippen LogP contribution in [0.2, 0.25) is 5.02 Å². The van der Waals surface area contributed by atoms with Gasteiger partial charge < -0.3 is 20.4 Å². The summed E-state index contributed by atoms with van der Waals surface area (Å²) in [6, 6.07) is 4.03. The zero-order valence-electron chi connectivity index (χ0n) is 11.4. The van der Waals surface area contributed by atoms with Crippen LogP contribution < -0.4 is 0 Å². The van der Waals surface area contributed by atoms with Crippen LogP contribution in [0.1, 0.15) is 5.56 Å². The van der Waals surface area contributed by atoms with Crippen molar-refractivity contribution < 1.29 is 24.8 Å². The van der Waals surface area contributed by atoms with Crippen molar-refractivity contribution in [1.82, 2.24) is 4.90 Å². The van der Waals surface area contributed by atoms with Crippen molar-refractivity contribution in [2.75, 3.05) is 19.7 Å². The minimum atomic E-state index is -1.29. The van der Waals surface area contributed by atoms with Crippen LogP contribution in [-0.4, -0.2) is 69.4 Å². The maximum absolute atomic E-state index is 13.8. The molecule has 0 bridgehead atoms. The van der Waals surface area contributed by atoms with E-state index in [1.54, 1.807) is 17.0 Å². The van der Waals surface area contributed by atoms with Gasteiger partial charge in [0.1, 0.15) is 18.0 Å². The maximum Gasteiger partial charge on any atom is 0.145 e. The van der Waals surface area contributed by atoms with Gasteiger partial charge in [0.05, 0.1) is 23.8 Å². The van der Waals surface area contributed by atoms with E-state index >= 15 is 0 Å². The largest absolute Gasteiger partial charge is 0.395 e. The number of hydrogen-bond donors (Lipinski definition) is 4. The van der Waals surface area contributed by atoms with Crippen molar-refractivity contribution in [3.8, 4) is 0 Å². The molecule has 4 N–H and O–H groups in total. The summed E-state index contributed by atoms with van der Waals surface area (Å²) in [5.41, 5.74) is 0.425. The summed E-state index contributed by atoms with van der Waals surface area (Å²) in [4.78, 5) is 1.64. The average Bonchev–Trinajstić information content (AvgIpc) is 2.46. The van der Waals surface area contributed by atoms with Crippen LogP contribution >= 0.6 is 11.6 Å². The number of β-amino-alcohol motifs (C(OH)–C–C–N with tert-alkyl or cyclic N) is 1. The molecule has 0 aliphatic carbocycles. The van der Waals surface area contributed by atoms with E-state index in [4.69, 9.17) is 11.6 Å². The van der Waals surface area contributed by atoms with Crippen LogP contribution in [0.3, 0.4) is 0 Å². The van der Waals surface area contributed by atoms with E-state index < -0.39 is 30.2 Å². The summed E-state index contributed by atoms with van der Waals surface area (Å²) >= 11 is 5.72. The highest BCUT2D eigenvalue weighted by Crippen LogP contribution is 2.22. The van der Waals surface area contributed by atoms with Crippen LogP contribution in [-0.2, 0) is 6.42 Å². The topological polar surface area (TPSA) is 84.2 Å². The SMILES string of the molecule is OCC1C(O)C(O)C(O)CN1CCc1cccc(Cl)c1F. The van der Waals surface area contributed by atoms with Gasteiger partial charge in [-0.3, -0.25) is 4.90 Å². The van der Waals surface area contributed by atoms with Crippen LogP contribution in [0.4, 0.5) is 4.39 Å². The predicted molar refractivity (Wildman–Crippen MR) is 75.6 cm³/mol. The van der Waals surface area contributed by atoms with Crippen molar-refractivity contribution >= 4 is 11.6 Å². The summed E-state index contributed by atoms with van der Waals surface area (Å²) in [6.07, 6.45) is -3.32. The van der Waals surface area contributed by atoms with Gasteiger partial charge in [-0.05, 0) is 18.1 Å². The first-order valence-corrected chi connectivity index (χ1v) is 7.15. The van der Waals surface area contributed by atoms with Gasteiger partial charge in [0.25, 0.3) is 0 Å². The Kier molecular flexibility index (Phi) is 5.54. The standard InChI is InChI=1S/C14H19ClFNO4/c15-9-3-1-2-8(12(9)16)4-5-17-6-11(19)14(21)13(20)10(17)7-18/h1-3,10-11,13-14,18-21H,4-7H2.